The van der Waals surface area contributed by atoms with E-state index in [2.05, 4.69) is 5.32 Å². The van der Waals surface area contributed by atoms with Crippen molar-refractivity contribution in [3.8, 4) is 5.75 Å². The van der Waals surface area contributed by atoms with Crippen LogP contribution in [0, 0.1) is 0 Å². The Morgan fingerprint density at radius 2 is 1.90 bits per heavy atom. The molecule has 0 fully saturated rings. The Hall–Kier alpha value is -2.82. The molecule has 0 aromatic heterocycles. The molecular weight excluding hydrogens is 270 g/mol. The lowest BCUT2D eigenvalue weighted by molar-refractivity contribution is -0.118. The lowest BCUT2D eigenvalue weighted by Crippen LogP contribution is -2.30. The van der Waals surface area contributed by atoms with Crippen LogP contribution in [-0.2, 0) is 11.2 Å². The molecule has 1 atom stereocenters. The lowest BCUT2D eigenvalue weighted by atomic mass is 9.77. The molecule has 1 aliphatic carbocycles. The summed E-state index contributed by atoms with van der Waals surface area (Å²) in [5.74, 6) is -1.76. The predicted molar refractivity (Wildman–Crippen MR) is 76.6 cm³/mol. The van der Waals surface area contributed by atoms with Crippen molar-refractivity contribution >= 4 is 17.6 Å². The molecule has 0 radical (unpaired) electrons. The largest absolute Gasteiger partial charge is 0.506 e. The van der Waals surface area contributed by atoms with Crippen LogP contribution in [0.3, 0.4) is 0 Å². The van der Waals surface area contributed by atoms with Gasteiger partial charge in [0.2, 0.25) is 5.91 Å². The van der Waals surface area contributed by atoms with Crippen LogP contribution in [0.25, 0.3) is 0 Å². The maximum absolute atomic E-state index is 12.2. The summed E-state index contributed by atoms with van der Waals surface area (Å²) in [6, 6.07) is 11.5. The van der Waals surface area contributed by atoms with Gasteiger partial charge in [0.15, 0.2) is 0 Å². The molecular formula is C16H13NO4. The van der Waals surface area contributed by atoms with Crippen LogP contribution in [0.5, 0.6) is 5.75 Å². The zero-order valence-electron chi connectivity index (χ0n) is 11.0. The molecule has 0 saturated carbocycles. The van der Waals surface area contributed by atoms with Crippen molar-refractivity contribution in [2.45, 2.75) is 12.3 Å². The van der Waals surface area contributed by atoms with Crippen molar-refractivity contribution in [2.75, 3.05) is 5.32 Å². The summed E-state index contributed by atoms with van der Waals surface area (Å²) in [6.07, 6.45) is 0.654. The molecule has 5 heteroatoms. The zero-order valence-corrected chi connectivity index (χ0v) is 11.0. The van der Waals surface area contributed by atoms with Gasteiger partial charge < -0.3 is 15.5 Å². The number of amides is 1. The summed E-state index contributed by atoms with van der Waals surface area (Å²) >= 11 is 0. The fourth-order valence-corrected chi connectivity index (χ4v) is 2.48. The first kappa shape index (κ1) is 13.2. The van der Waals surface area contributed by atoms with Gasteiger partial charge in [-0.3, -0.25) is 4.79 Å². The number of carboxylic acid groups (broad SMARTS) is 1. The summed E-state index contributed by atoms with van der Waals surface area (Å²) in [6.45, 7) is 0. The maximum atomic E-state index is 12.2. The molecule has 1 unspecified atom stereocenters. The zero-order chi connectivity index (χ0) is 15.0. The van der Waals surface area contributed by atoms with Crippen LogP contribution in [0.4, 0.5) is 5.69 Å². The number of carbonyl (C=O) groups excluding carboxylic acids is 1. The second-order valence-corrected chi connectivity index (χ2v) is 4.98. The van der Waals surface area contributed by atoms with E-state index in [1.807, 2.05) is 24.3 Å². The number of aromatic hydroxyl groups is 1. The average Bonchev–Trinajstić information content (AvgIpc) is 2.42. The first-order valence-corrected chi connectivity index (χ1v) is 6.51. The molecule has 106 valence electrons. The van der Waals surface area contributed by atoms with Gasteiger partial charge in [-0.05, 0) is 35.7 Å². The molecule has 5 nitrogen and oxygen atoms in total. The summed E-state index contributed by atoms with van der Waals surface area (Å²) in [7, 11) is 0. The minimum atomic E-state index is -1.11. The van der Waals surface area contributed by atoms with Crippen LogP contribution < -0.4 is 5.32 Å². The molecule has 0 heterocycles. The number of carboxylic acids is 1. The minimum absolute atomic E-state index is 0.0112. The number of phenolic OH excluding ortho intramolecular Hbond substituents is 1. The molecule has 1 aliphatic rings. The molecule has 0 saturated heterocycles. The van der Waals surface area contributed by atoms with E-state index < -0.39 is 5.97 Å². The summed E-state index contributed by atoms with van der Waals surface area (Å²) in [5.41, 5.74) is 2.24. The maximum Gasteiger partial charge on any atom is 0.335 e. The van der Waals surface area contributed by atoms with Crippen LogP contribution in [0.1, 0.15) is 27.4 Å². The highest BCUT2D eigenvalue weighted by Gasteiger charge is 2.32. The number of nitrogens with one attached hydrogen (secondary N) is 1. The second-order valence-electron chi connectivity index (χ2n) is 4.98. The average molecular weight is 283 g/mol. The molecule has 0 aliphatic heterocycles. The van der Waals surface area contributed by atoms with E-state index >= 15 is 0 Å². The van der Waals surface area contributed by atoms with Gasteiger partial charge in [0.05, 0.1) is 17.2 Å². The number of fused-ring (bicyclic) bond motifs is 1. The number of aromatic carboxylic acids is 1. The SMILES string of the molecule is O=C(O)c1ccc(O)c(NC(=O)C2Cc3ccccc32)c1. The third-order valence-corrected chi connectivity index (χ3v) is 3.67. The Morgan fingerprint density at radius 3 is 2.62 bits per heavy atom. The number of rotatable bonds is 3. The number of hydrogen-bond acceptors (Lipinski definition) is 3. The van der Waals surface area contributed by atoms with Gasteiger partial charge in [0, 0.05) is 0 Å². The Bertz CT molecular complexity index is 739. The minimum Gasteiger partial charge on any atom is -0.506 e. The Morgan fingerprint density at radius 1 is 1.14 bits per heavy atom. The van der Waals surface area contributed by atoms with Crippen molar-refractivity contribution in [3.63, 3.8) is 0 Å². The molecule has 0 spiro atoms. The van der Waals surface area contributed by atoms with Gasteiger partial charge in [-0.15, -0.1) is 0 Å². The monoisotopic (exact) mass is 283 g/mol. The fraction of sp³-hybridized carbons (Fsp3) is 0.125. The highest BCUT2D eigenvalue weighted by Crippen LogP contribution is 2.36. The fourth-order valence-electron chi connectivity index (χ4n) is 2.48. The van der Waals surface area contributed by atoms with Crippen molar-refractivity contribution in [2.24, 2.45) is 0 Å². The van der Waals surface area contributed by atoms with Crippen molar-refractivity contribution in [3.05, 3.63) is 59.2 Å². The Labute approximate surface area is 120 Å². The first-order valence-electron chi connectivity index (χ1n) is 6.51. The number of benzene rings is 2. The van der Waals surface area contributed by atoms with Crippen molar-refractivity contribution in [1.82, 2.24) is 0 Å². The molecule has 2 aromatic rings. The molecule has 1 amide bonds. The van der Waals surface area contributed by atoms with E-state index in [0.717, 1.165) is 11.1 Å². The van der Waals surface area contributed by atoms with Crippen LogP contribution in [0.15, 0.2) is 42.5 Å². The van der Waals surface area contributed by atoms with E-state index in [-0.39, 0.29) is 28.8 Å². The first-order chi connectivity index (χ1) is 10.1. The van der Waals surface area contributed by atoms with E-state index in [9.17, 15) is 14.7 Å². The van der Waals surface area contributed by atoms with Crippen molar-refractivity contribution < 1.29 is 19.8 Å². The number of anilines is 1. The summed E-state index contributed by atoms with van der Waals surface area (Å²) < 4.78 is 0. The van der Waals surface area contributed by atoms with Crippen LogP contribution >= 0.6 is 0 Å². The molecule has 3 N–H and O–H groups in total. The third-order valence-electron chi connectivity index (χ3n) is 3.67. The van der Waals surface area contributed by atoms with Crippen molar-refractivity contribution in [1.29, 1.82) is 0 Å². The summed E-state index contributed by atoms with van der Waals surface area (Å²) in [4.78, 5) is 23.1. The predicted octanol–water partition coefficient (Wildman–Crippen LogP) is 2.37. The standard InChI is InChI=1S/C16H13NO4/c18-14-6-5-10(16(20)21)8-13(14)17-15(19)12-7-9-3-1-2-4-11(9)12/h1-6,8,12,18H,7H2,(H,17,19)(H,20,21). The van der Waals surface area contributed by atoms with E-state index in [1.54, 1.807) is 0 Å². The normalized spacial score (nSPS) is 15.7. The highest BCUT2D eigenvalue weighted by atomic mass is 16.4. The third kappa shape index (κ3) is 2.33. The van der Waals surface area contributed by atoms with Gasteiger partial charge in [0.25, 0.3) is 0 Å². The van der Waals surface area contributed by atoms with Gasteiger partial charge in [-0.1, -0.05) is 24.3 Å². The topological polar surface area (TPSA) is 86.6 Å². The number of hydrogen-bond donors (Lipinski definition) is 3. The number of carbonyl (C=O) groups is 2. The summed E-state index contributed by atoms with van der Waals surface area (Å²) in [5, 5.41) is 21.3. The van der Waals surface area contributed by atoms with Gasteiger partial charge >= 0.3 is 5.97 Å². The van der Waals surface area contributed by atoms with Gasteiger partial charge in [-0.2, -0.15) is 0 Å². The van der Waals surface area contributed by atoms with Crippen LogP contribution in [0.2, 0.25) is 0 Å². The molecule has 2 aromatic carbocycles. The number of phenols is 1. The van der Waals surface area contributed by atoms with E-state index in [4.69, 9.17) is 5.11 Å². The van der Waals surface area contributed by atoms with E-state index in [0.29, 0.717) is 6.42 Å². The Balaban J connectivity index is 1.80. The van der Waals surface area contributed by atoms with E-state index in [1.165, 1.54) is 18.2 Å². The lowest BCUT2D eigenvalue weighted by Gasteiger charge is -2.28. The van der Waals surface area contributed by atoms with Crippen LogP contribution in [-0.4, -0.2) is 22.1 Å². The molecule has 3 rings (SSSR count). The Kier molecular flexibility index (Phi) is 3.10. The highest BCUT2D eigenvalue weighted by molar-refractivity contribution is 6.00. The van der Waals surface area contributed by atoms with Gasteiger partial charge in [0.1, 0.15) is 5.75 Å². The molecule has 0 bridgehead atoms. The smallest absolute Gasteiger partial charge is 0.335 e. The van der Waals surface area contributed by atoms with Gasteiger partial charge in [-0.25, -0.2) is 4.79 Å². The second kappa shape index (κ2) is 4.94. The quantitative estimate of drug-likeness (QED) is 0.755. The molecule has 21 heavy (non-hydrogen) atoms.